The predicted molar refractivity (Wildman–Crippen MR) is 61.7 cm³/mol. The fourth-order valence-electron chi connectivity index (χ4n) is 1.23. The summed E-state index contributed by atoms with van der Waals surface area (Å²) in [5.74, 6) is -4.95. The number of amides is 1. The number of rotatable bonds is 4. The number of alkyl halides is 1. The van der Waals surface area contributed by atoms with Crippen molar-refractivity contribution in [3.63, 3.8) is 0 Å². The van der Waals surface area contributed by atoms with Crippen LogP contribution in [0.1, 0.15) is 23.7 Å². The maximum atomic E-state index is 12.9. The van der Waals surface area contributed by atoms with E-state index in [0.717, 1.165) is 0 Å². The van der Waals surface area contributed by atoms with Gasteiger partial charge in [0, 0.05) is 16.9 Å². The molecule has 0 saturated carbocycles. The van der Waals surface area contributed by atoms with Crippen LogP contribution in [0.2, 0.25) is 0 Å². The van der Waals surface area contributed by atoms with E-state index in [9.17, 15) is 18.0 Å². The molecule has 1 aromatic rings. The molecule has 1 rings (SSSR count). The fourth-order valence-corrected chi connectivity index (χ4v) is 1.92. The molecule has 17 heavy (non-hydrogen) atoms. The van der Waals surface area contributed by atoms with Crippen molar-refractivity contribution in [3.8, 4) is 0 Å². The van der Waals surface area contributed by atoms with E-state index in [-0.39, 0.29) is 11.6 Å². The number of hydrogen-bond acceptors (Lipinski definition) is 1. The Kier molecular flexibility index (Phi) is 4.99. The third-order valence-corrected chi connectivity index (χ3v) is 2.62. The van der Waals surface area contributed by atoms with Crippen molar-refractivity contribution in [2.75, 3.05) is 5.33 Å². The molecule has 0 aliphatic rings. The summed E-state index contributed by atoms with van der Waals surface area (Å²) in [4.78, 5) is 11.6. The number of carbonyl (C=O) groups is 1. The van der Waals surface area contributed by atoms with Crippen LogP contribution in [-0.4, -0.2) is 17.3 Å². The summed E-state index contributed by atoms with van der Waals surface area (Å²) in [6.07, 6.45) is 0.678. The van der Waals surface area contributed by atoms with Crippen LogP contribution in [0.5, 0.6) is 0 Å². The second-order valence-electron chi connectivity index (χ2n) is 3.61. The predicted octanol–water partition coefficient (Wildman–Crippen LogP) is 3.01. The summed E-state index contributed by atoms with van der Waals surface area (Å²) in [5.41, 5.74) is -0.233. The summed E-state index contributed by atoms with van der Waals surface area (Å²) in [7, 11) is 0. The lowest BCUT2D eigenvalue weighted by Gasteiger charge is -2.12. The smallest absolute Gasteiger partial charge is 0.251 e. The Morgan fingerprint density at radius 1 is 1.35 bits per heavy atom. The Morgan fingerprint density at radius 3 is 2.35 bits per heavy atom. The molecule has 2 nitrogen and oxygen atoms in total. The van der Waals surface area contributed by atoms with E-state index in [1.807, 2.05) is 0 Å². The zero-order chi connectivity index (χ0) is 13.0. The molecule has 0 aliphatic carbocycles. The van der Waals surface area contributed by atoms with Gasteiger partial charge in [-0.1, -0.05) is 15.9 Å². The van der Waals surface area contributed by atoms with Gasteiger partial charge in [0.05, 0.1) is 0 Å². The average molecular weight is 310 g/mol. The Bertz CT molecular complexity index is 402. The van der Waals surface area contributed by atoms with E-state index >= 15 is 0 Å². The first-order chi connectivity index (χ1) is 7.95. The summed E-state index contributed by atoms with van der Waals surface area (Å²) in [5, 5.41) is 3.24. The van der Waals surface area contributed by atoms with Crippen molar-refractivity contribution >= 4 is 21.8 Å². The molecule has 94 valence electrons. The highest BCUT2D eigenvalue weighted by Gasteiger charge is 2.16. The van der Waals surface area contributed by atoms with Gasteiger partial charge >= 0.3 is 0 Å². The normalized spacial score (nSPS) is 12.3. The van der Waals surface area contributed by atoms with Gasteiger partial charge in [-0.05, 0) is 25.5 Å². The largest absolute Gasteiger partial charge is 0.350 e. The molecule has 1 N–H and O–H groups in total. The summed E-state index contributed by atoms with van der Waals surface area (Å²) in [6.45, 7) is 1.76. The molecule has 0 radical (unpaired) electrons. The summed E-state index contributed by atoms with van der Waals surface area (Å²) in [6, 6.07) is 1.21. The van der Waals surface area contributed by atoms with E-state index in [2.05, 4.69) is 21.2 Å². The van der Waals surface area contributed by atoms with Crippen LogP contribution in [0.4, 0.5) is 13.2 Å². The van der Waals surface area contributed by atoms with Crippen molar-refractivity contribution < 1.29 is 18.0 Å². The van der Waals surface area contributed by atoms with Crippen LogP contribution in [-0.2, 0) is 0 Å². The molecule has 0 fully saturated rings. The van der Waals surface area contributed by atoms with Crippen LogP contribution in [0.25, 0.3) is 0 Å². The topological polar surface area (TPSA) is 29.1 Å². The number of hydrogen-bond donors (Lipinski definition) is 1. The standard InChI is InChI=1S/C11H11BrF3NO/c1-6(2-3-12)16-11(17)7-4-8(13)10(15)9(14)5-7/h4-6H,2-3H2,1H3,(H,16,17). The molecular formula is C11H11BrF3NO. The summed E-state index contributed by atoms with van der Waals surface area (Å²) < 4.78 is 38.4. The molecule has 0 heterocycles. The van der Waals surface area contributed by atoms with Crippen molar-refractivity contribution in [1.29, 1.82) is 0 Å². The van der Waals surface area contributed by atoms with Gasteiger partial charge < -0.3 is 5.32 Å². The van der Waals surface area contributed by atoms with Gasteiger partial charge in [0.25, 0.3) is 5.91 Å². The van der Waals surface area contributed by atoms with Crippen molar-refractivity contribution in [2.24, 2.45) is 0 Å². The van der Waals surface area contributed by atoms with Crippen LogP contribution < -0.4 is 5.32 Å². The van der Waals surface area contributed by atoms with Gasteiger partial charge in [-0.15, -0.1) is 0 Å². The highest BCUT2D eigenvalue weighted by Crippen LogP contribution is 2.13. The van der Waals surface area contributed by atoms with Crippen LogP contribution >= 0.6 is 15.9 Å². The van der Waals surface area contributed by atoms with E-state index < -0.39 is 23.4 Å². The molecule has 0 bridgehead atoms. The summed E-state index contributed by atoms with van der Waals surface area (Å²) >= 11 is 3.21. The Labute approximate surface area is 105 Å². The third-order valence-electron chi connectivity index (χ3n) is 2.17. The van der Waals surface area contributed by atoms with Crippen molar-refractivity contribution in [3.05, 3.63) is 35.1 Å². The Morgan fingerprint density at radius 2 is 1.88 bits per heavy atom. The van der Waals surface area contributed by atoms with Gasteiger partial charge in [0.2, 0.25) is 0 Å². The second-order valence-corrected chi connectivity index (χ2v) is 4.40. The third kappa shape index (κ3) is 3.73. The minimum atomic E-state index is -1.57. The van der Waals surface area contributed by atoms with E-state index in [4.69, 9.17) is 0 Å². The first-order valence-electron chi connectivity index (χ1n) is 4.97. The number of carbonyl (C=O) groups excluding carboxylic acids is 1. The van der Waals surface area contributed by atoms with E-state index in [1.54, 1.807) is 6.92 Å². The molecule has 1 atom stereocenters. The number of nitrogens with one attached hydrogen (secondary N) is 1. The molecule has 0 aromatic heterocycles. The molecule has 6 heteroatoms. The van der Waals surface area contributed by atoms with Gasteiger partial charge in [-0.25, -0.2) is 13.2 Å². The van der Waals surface area contributed by atoms with Crippen molar-refractivity contribution in [2.45, 2.75) is 19.4 Å². The number of halogens is 4. The maximum absolute atomic E-state index is 12.9. The molecule has 1 aromatic carbocycles. The van der Waals surface area contributed by atoms with E-state index in [0.29, 0.717) is 23.9 Å². The quantitative estimate of drug-likeness (QED) is 0.672. The molecule has 0 spiro atoms. The van der Waals surface area contributed by atoms with Gasteiger partial charge in [-0.2, -0.15) is 0 Å². The molecule has 1 unspecified atom stereocenters. The van der Waals surface area contributed by atoms with Gasteiger partial charge in [-0.3, -0.25) is 4.79 Å². The Balaban J connectivity index is 2.83. The molecule has 0 aliphatic heterocycles. The first-order valence-corrected chi connectivity index (χ1v) is 6.09. The van der Waals surface area contributed by atoms with Crippen LogP contribution in [0.15, 0.2) is 12.1 Å². The highest BCUT2D eigenvalue weighted by atomic mass is 79.9. The lowest BCUT2D eigenvalue weighted by molar-refractivity contribution is 0.0938. The zero-order valence-corrected chi connectivity index (χ0v) is 10.7. The van der Waals surface area contributed by atoms with Gasteiger partial charge in [0.1, 0.15) is 0 Å². The van der Waals surface area contributed by atoms with Crippen molar-refractivity contribution in [1.82, 2.24) is 5.32 Å². The monoisotopic (exact) mass is 309 g/mol. The minimum Gasteiger partial charge on any atom is -0.350 e. The SMILES string of the molecule is CC(CCBr)NC(=O)c1cc(F)c(F)c(F)c1. The molecule has 0 saturated heterocycles. The zero-order valence-electron chi connectivity index (χ0n) is 9.07. The first kappa shape index (κ1) is 14.0. The second kappa shape index (κ2) is 6.05. The van der Waals surface area contributed by atoms with Crippen LogP contribution in [0.3, 0.4) is 0 Å². The minimum absolute atomic E-state index is 0.141. The average Bonchev–Trinajstić information content (AvgIpc) is 2.25. The highest BCUT2D eigenvalue weighted by molar-refractivity contribution is 9.09. The van der Waals surface area contributed by atoms with Gasteiger partial charge in [0.15, 0.2) is 17.5 Å². The lowest BCUT2D eigenvalue weighted by Crippen LogP contribution is -2.33. The lowest BCUT2D eigenvalue weighted by atomic mass is 10.1. The molecular weight excluding hydrogens is 299 g/mol. The fraction of sp³-hybridized carbons (Fsp3) is 0.364. The Hall–Kier alpha value is -1.04. The maximum Gasteiger partial charge on any atom is 0.251 e. The van der Waals surface area contributed by atoms with Crippen LogP contribution in [0, 0.1) is 17.5 Å². The van der Waals surface area contributed by atoms with E-state index in [1.165, 1.54) is 0 Å². The molecule has 1 amide bonds. The number of benzene rings is 1.